The molecule has 1 aromatic carbocycles. The number of carbonyl (C=O) groups is 1. The highest BCUT2D eigenvalue weighted by Crippen LogP contribution is 2.14. The van der Waals surface area contributed by atoms with Crippen LogP contribution in [-0.4, -0.2) is 16.0 Å². The molecule has 0 fully saturated rings. The first-order chi connectivity index (χ1) is 11.6. The maximum atomic E-state index is 12.2. The SMILES string of the molecule is Cc1cc(NC(=O)c2cc(NCc3ccc(Cl)cc3)ccn2)no1. The van der Waals surface area contributed by atoms with E-state index < -0.39 is 0 Å². The van der Waals surface area contributed by atoms with Gasteiger partial charge in [0, 0.05) is 29.5 Å². The molecule has 122 valence electrons. The molecule has 0 spiro atoms. The van der Waals surface area contributed by atoms with Gasteiger partial charge in [0.05, 0.1) is 0 Å². The smallest absolute Gasteiger partial charge is 0.275 e. The summed E-state index contributed by atoms with van der Waals surface area (Å²) in [6.07, 6.45) is 1.58. The van der Waals surface area contributed by atoms with Gasteiger partial charge in [-0.25, -0.2) is 0 Å². The average molecular weight is 343 g/mol. The molecule has 0 atom stereocenters. The number of hydrogen-bond acceptors (Lipinski definition) is 5. The summed E-state index contributed by atoms with van der Waals surface area (Å²) in [6.45, 7) is 2.37. The van der Waals surface area contributed by atoms with Crippen LogP contribution in [0.2, 0.25) is 5.02 Å². The Morgan fingerprint density at radius 3 is 2.71 bits per heavy atom. The highest BCUT2D eigenvalue weighted by atomic mass is 35.5. The number of halogens is 1. The van der Waals surface area contributed by atoms with Gasteiger partial charge in [-0.3, -0.25) is 9.78 Å². The summed E-state index contributed by atoms with van der Waals surface area (Å²) < 4.78 is 4.91. The lowest BCUT2D eigenvalue weighted by atomic mass is 10.2. The summed E-state index contributed by atoms with van der Waals surface area (Å²) in [5.74, 6) is 0.633. The first-order valence-electron chi connectivity index (χ1n) is 7.29. The van der Waals surface area contributed by atoms with Gasteiger partial charge in [-0.1, -0.05) is 28.9 Å². The predicted molar refractivity (Wildman–Crippen MR) is 92.2 cm³/mol. The Kier molecular flexibility index (Phi) is 4.77. The van der Waals surface area contributed by atoms with Crippen molar-refractivity contribution in [1.29, 1.82) is 0 Å². The fraction of sp³-hybridized carbons (Fsp3) is 0.118. The summed E-state index contributed by atoms with van der Waals surface area (Å²) in [6, 6.07) is 12.7. The minimum atomic E-state index is -0.349. The Hall–Kier alpha value is -2.86. The number of aryl methyl sites for hydroxylation is 1. The van der Waals surface area contributed by atoms with Crippen LogP contribution in [0, 0.1) is 6.92 Å². The molecule has 0 aliphatic heterocycles. The minimum Gasteiger partial charge on any atom is -0.381 e. The molecule has 0 unspecified atom stereocenters. The van der Waals surface area contributed by atoms with Gasteiger partial charge < -0.3 is 15.2 Å². The van der Waals surface area contributed by atoms with Crippen molar-refractivity contribution < 1.29 is 9.32 Å². The summed E-state index contributed by atoms with van der Waals surface area (Å²) in [5.41, 5.74) is 2.17. The second-order valence-corrected chi connectivity index (χ2v) is 5.62. The number of nitrogens with one attached hydrogen (secondary N) is 2. The second kappa shape index (κ2) is 7.14. The van der Waals surface area contributed by atoms with Crippen molar-refractivity contribution in [3.63, 3.8) is 0 Å². The van der Waals surface area contributed by atoms with Crippen molar-refractivity contribution in [3.8, 4) is 0 Å². The summed E-state index contributed by atoms with van der Waals surface area (Å²) >= 11 is 5.87. The van der Waals surface area contributed by atoms with Gasteiger partial charge in [-0.05, 0) is 36.8 Å². The maximum absolute atomic E-state index is 12.2. The van der Waals surface area contributed by atoms with Crippen LogP contribution in [-0.2, 0) is 6.54 Å². The third-order valence-electron chi connectivity index (χ3n) is 3.27. The first kappa shape index (κ1) is 16.0. The Bertz CT molecular complexity index is 846. The molecule has 6 nitrogen and oxygen atoms in total. The highest BCUT2D eigenvalue weighted by Gasteiger charge is 2.10. The fourth-order valence-corrected chi connectivity index (χ4v) is 2.20. The molecule has 0 saturated heterocycles. The molecule has 0 aliphatic carbocycles. The van der Waals surface area contributed by atoms with Crippen molar-refractivity contribution in [2.24, 2.45) is 0 Å². The van der Waals surface area contributed by atoms with Gasteiger partial charge in [-0.2, -0.15) is 0 Å². The molecule has 0 radical (unpaired) electrons. The zero-order valence-electron chi connectivity index (χ0n) is 12.9. The van der Waals surface area contributed by atoms with Gasteiger partial charge in [0.2, 0.25) is 0 Å². The molecule has 0 saturated carbocycles. The number of pyridine rings is 1. The van der Waals surface area contributed by atoms with Crippen LogP contribution in [0.25, 0.3) is 0 Å². The molecule has 2 N–H and O–H groups in total. The van der Waals surface area contributed by atoms with Gasteiger partial charge in [0.25, 0.3) is 5.91 Å². The van der Waals surface area contributed by atoms with Crippen LogP contribution in [0.3, 0.4) is 0 Å². The van der Waals surface area contributed by atoms with Crippen molar-refractivity contribution in [3.05, 3.63) is 70.7 Å². The normalized spacial score (nSPS) is 10.4. The molecule has 3 aromatic rings. The number of nitrogens with zero attached hydrogens (tertiary/aromatic N) is 2. The van der Waals surface area contributed by atoms with E-state index in [0.29, 0.717) is 23.1 Å². The Labute approximate surface area is 143 Å². The van der Waals surface area contributed by atoms with E-state index in [1.54, 1.807) is 31.3 Å². The molecular weight excluding hydrogens is 328 g/mol. The number of rotatable bonds is 5. The monoisotopic (exact) mass is 342 g/mol. The van der Waals surface area contributed by atoms with Gasteiger partial charge in [-0.15, -0.1) is 0 Å². The number of anilines is 2. The Balaban J connectivity index is 1.64. The number of aromatic nitrogens is 2. The van der Waals surface area contributed by atoms with Crippen molar-refractivity contribution in [2.75, 3.05) is 10.6 Å². The summed E-state index contributed by atoms with van der Waals surface area (Å²) in [4.78, 5) is 16.3. The summed E-state index contributed by atoms with van der Waals surface area (Å²) in [7, 11) is 0. The van der Waals surface area contributed by atoms with Crippen molar-refractivity contribution in [1.82, 2.24) is 10.1 Å². The molecule has 0 bridgehead atoms. The molecule has 1 amide bonds. The van der Waals surface area contributed by atoms with Crippen LogP contribution < -0.4 is 10.6 Å². The van der Waals surface area contributed by atoms with Crippen LogP contribution in [0.5, 0.6) is 0 Å². The maximum Gasteiger partial charge on any atom is 0.275 e. The molecule has 24 heavy (non-hydrogen) atoms. The fourth-order valence-electron chi connectivity index (χ4n) is 2.08. The van der Waals surface area contributed by atoms with E-state index in [9.17, 15) is 4.79 Å². The van der Waals surface area contributed by atoms with E-state index >= 15 is 0 Å². The van der Waals surface area contributed by atoms with Crippen LogP contribution in [0.15, 0.2) is 53.2 Å². The molecule has 0 aliphatic rings. The largest absolute Gasteiger partial charge is 0.381 e. The Morgan fingerprint density at radius 1 is 1.21 bits per heavy atom. The Morgan fingerprint density at radius 2 is 2.00 bits per heavy atom. The summed E-state index contributed by atoms with van der Waals surface area (Å²) in [5, 5.41) is 10.3. The predicted octanol–water partition coefficient (Wildman–Crippen LogP) is 3.90. The van der Waals surface area contributed by atoms with Gasteiger partial charge in [0.15, 0.2) is 5.82 Å². The minimum absolute atomic E-state index is 0.289. The lowest BCUT2D eigenvalue weighted by molar-refractivity contribution is 0.102. The quantitative estimate of drug-likeness (QED) is 0.735. The highest BCUT2D eigenvalue weighted by molar-refractivity contribution is 6.30. The lowest BCUT2D eigenvalue weighted by Gasteiger charge is -2.08. The zero-order chi connectivity index (χ0) is 16.9. The average Bonchev–Trinajstić information content (AvgIpc) is 2.99. The topological polar surface area (TPSA) is 80.0 Å². The van der Waals surface area contributed by atoms with Gasteiger partial charge >= 0.3 is 0 Å². The third kappa shape index (κ3) is 4.11. The van der Waals surface area contributed by atoms with Crippen LogP contribution in [0.4, 0.5) is 11.5 Å². The van der Waals surface area contributed by atoms with E-state index in [1.165, 1.54) is 0 Å². The zero-order valence-corrected chi connectivity index (χ0v) is 13.7. The first-order valence-corrected chi connectivity index (χ1v) is 7.67. The van der Waals surface area contributed by atoms with Crippen molar-refractivity contribution in [2.45, 2.75) is 13.5 Å². The van der Waals surface area contributed by atoms with E-state index in [0.717, 1.165) is 11.3 Å². The molecular formula is C17H15ClN4O2. The number of hydrogen-bond donors (Lipinski definition) is 2. The lowest BCUT2D eigenvalue weighted by Crippen LogP contribution is -2.14. The number of amides is 1. The molecule has 3 rings (SSSR count). The van der Waals surface area contributed by atoms with Gasteiger partial charge in [0.1, 0.15) is 11.5 Å². The van der Waals surface area contributed by atoms with E-state index in [2.05, 4.69) is 20.8 Å². The molecule has 7 heteroatoms. The van der Waals surface area contributed by atoms with Crippen LogP contribution in [0.1, 0.15) is 21.8 Å². The van der Waals surface area contributed by atoms with E-state index in [-0.39, 0.29) is 11.6 Å². The molecule has 2 heterocycles. The second-order valence-electron chi connectivity index (χ2n) is 5.19. The van der Waals surface area contributed by atoms with E-state index in [1.807, 2.05) is 24.3 Å². The standard InChI is InChI=1S/C17H15ClN4O2/c1-11-8-16(22-24-11)21-17(23)15-9-14(6-7-19-15)20-10-12-2-4-13(18)5-3-12/h2-9H,10H2,1H3,(H,19,20)(H,21,22,23). The van der Waals surface area contributed by atoms with Crippen LogP contribution >= 0.6 is 11.6 Å². The number of benzene rings is 1. The third-order valence-corrected chi connectivity index (χ3v) is 3.52. The molecule has 2 aromatic heterocycles. The van der Waals surface area contributed by atoms with E-state index in [4.69, 9.17) is 16.1 Å². The van der Waals surface area contributed by atoms with Crippen molar-refractivity contribution >= 4 is 29.0 Å². The number of carbonyl (C=O) groups excluding carboxylic acids is 1.